The first kappa shape index (κ1) is 10.1. The van der Waals surface area contributed by atoms with Crippen LogP contribution in [0.2, 0.25) is 0 Å². The molecule has 0 N–H and O–H groups in total. The molecule has 14 heavy (non-hydrogen) atoms. The number of hydrogen-bond acceptors (Lipinski definition) is 4. The molecular weight excluding hydrogens is 182 g/mol. The number of nitrogens with zero attached hydrogens (tertiary/aromatic N) is 1. The van der Waals surface area contributed by atoms with E-state index >= 15 is 0 Å². The van der Waals surface area contributed by atoms with Gasteiger partial charge in [-0.1, -0.05) is 12.7 Å². The lowest BCUT2D eigenvalue weighted by Gasteiger charge is -2.02. The standard InChI is InChI=1S/C10H9NO3/c1-2-6-14-10(13)8-4-3-5-11-9(8)7-12/h2-5,7H,1,6H2. The number of rotatable bonds is 4. The molecule has 0 aliphatic heterocycles. The summed E-state index contributed by atoms with van der Waals surface area (Å²) in [7, 11) is 0. The number of carbonyl (C=O) groups excluding carboxylic acids is 2. The van der Waals surface area contributed by atoms with Gasteiger partial charge >= 0.3 is 5.97 Å². The van der Waals surface area contributed by atoms with Crippen molar-refractivity contribution in [3.63, 3.8) is 0 Å². The van der Waals surface area contributed by atoms with Crippen molar-refractivity contribution in [1.82, 2.24) is 4.98 Å². The van der Waals surface area contributed by atoms with Gasteiger partial charge in [-0.15, -0.1) is 0 Å². The van der Waals surface area contributed by atoms with E-state index in [0.29, 0.717) is 6.29 Å². The largest absolute Gasteiger partial charge is 0.458 e. The van der Waals surface area contributed by atoms with Gasteiger partial charge in [0.2, 0.25) is 0 Å². The van der Waals surface area contributed by atoms with E-state index in [1.807, 2.05) is 0 Å². The summed E-state index contributed by atoms with van der Waals surface area (Å²) in [5.41, 5.74) is 0.255. The second kappa shape index (κ2) is 4.91. The highest BCUT2D eigenvalue weighted by molar-refractivity contribution is 5.96. The summed E-state index contributed by atoms with van der Waals surface area (Å²) in [5, 5.41) is 0. The topological polar surface area (TPSA) is 56.3 Å². The van der Waals surface area contributed by atoms with Crippen LogP contribution in [-0.2, 0) is 4.74 Å². The smallest absolute Gasteiger partial charge is 0.340 e. The molecule has 1 rings (SSSR count). The monoisotopic (exact) mass is 191 g/mol. The Morgan fingerprint density at radius 2 is 2.43 bits per heavy atom. The van der Waals surface area contributed by atoms with Gasteiger partial charge in [0.1, 0.15) is 12.3 Å². The van der Waals surface area contributed by atoms with E-state index in [9.17, 15) is 9.59 Å². The molecule has 4 nitrogen and oxygen atoms in total. The van der Waals surface area contributed by atoms with Crippen molar-refractivity contribution in [1.29, 1.82) is 0 Å². The SMILES string of the molecule is C=CCOC(=O)c1cccnc1C=O. The van der Waals surface area contributed by atoms with Crippen LogP contribution in [0, 0.1) is 0 Å². The number of aromatic nitrogens is 1. The molecule has 72 valence electrons. The molecule has 0 radical (unpaired) electrons. The number of esters is 1. The number of aldehydes is 1. The van der Waals surface area contributed by atoms with Crippen molar-refractivity contribution in [2.45, 2.75) is 0 Å². The lowest BCUT2D eigenvalue weighted by Crippen LogP contribution is -2.09. The fourth-order valence-corrected chi connectivity index (χ4v) is 0.896. The average Bonchev–Trinajstić information content (AvgIpc) is 2.25. The van der Waals surface area contributed by atoms with Crippen LogP contribution in [0.5, 0.6) is 0 Å². The zero-order valence-corrected chi connectivity index (χ0v) is 7.47. The Morgan fingerprint density at radius 3 is 3.07 bits per heavy atom. The lowest BCUT2D eigenvalue weighted by atomic mass is 10.2. The Bertz CT molecular complexity index is 360. The number of hydrogen-bond donors (Lipinski definition) is 0. The van der Waals surface area contributed by atoms with E-state index in [-0.39, 0.29) is 17.9 Å². The summed E-state index contributed by atoms with van der Waals surface area (Å²) in [6, 6.07) is 3.06. The fourth-order valence-electron chi connectivity index (χ4n) is 0.896. The van der Waals surface area contributed by atoms with E-state index < -0.39 is 5.97 Å². The Kier molecular flexibility index (Phi) is 3.55. The van der Waals surface area contributed by atoms with Gasteiger partial charge in [-0.25, -0.2) is 4.79 Å². The molecule has 0 atom stereocenters. The maximum absolute atomic E-state index is 11.3. The molecule has 0 unspecified atom stereocenters. The van der Waals surface area contributed by atoms with Gasteiger partial charge in [0.05, 0.1) is 5.56 Å². The van der Waals surface area contributed by atoms with Crippen LogP contribution in [0.15, 0.2) is 31.0 Å². The highest BCUT2D eigenvalue weighted by Gasteiger charge is 2.11. The Morgan fingerprint density at radius 1 is 1.64 bits per heavy atom. The van der Waals surface area contributed by atoms with Gasteiger partial charge in [0, 0.05) is 6.20 Å². The normalized spacial score (nSPS) is 9.14. The van der Waals surface area contributed by atoms with Gasteiger partial charge in [0.15, 0.2) is 6.29 Å². The Hall–Kier alpha value is -1.97. The zero-order valence-electron chi connectivity index (χ0n) is 7.47. The van der Waals surface area contributed by atoms with Gasteiger partial charge in [0.25, 0.3) is 0 Å². The summed E-state index contributed by atoms with van der Waals surface area (Å²) in [6.45, 7) is 3.52. The van der Waals surface area contributed by atoms with Crippen molar-refractivity contribution >= 4 is 12.3 Å². The maximum atomic E-state index is 11.3. The van der Waals surface area contributed by atoms with Crippen LogP contribution in [0.4, 0.5) is 0 Å². The first-order valence-corrected chi connectivity index (χ1v) is 3.97. The molecule has 0 saturated heterocycles. The summed E-state index contributed by atoms with van der Waals surface area (Å²) >= 11 is 0. The zero-order chi connectivity index (χ0) is 10.4. The fraction of sp³-hybridized carbons (Fsp3) is 0.100. The van der Waals surface area contributed by atoms with Gasteiger partial charge < -0.3 is 4.74 Å². The Balaban J connectivity index is 2.88. The molecule has 1 aromatic rings. The minimum atomic E-state index is -0.569. The molecule has 0 fully saturated rings. The highest BCUT2D eigenvalue weighted by Crippen LogP contribution is 2.04. The summed E-state index contributed by atoms with van der Waals surface area (Å²) in [6.07, 6.45) is 3.41. The van der Waals surface area contributed by atoms with E-state index in [4.69, 9.17) is 4.74 Å². The van der Waals surface area contributed by atoms with E-state index in [1.54, 1.807) is 6.07 Å². The van der Waals surface area contributed by atoms with Gasteiger partial charge in [-0.2, -0.15) is 0 Å². The quantitative estimate of drug-likeness (QED) is 0.408. The minimum absolute atomic E-state index is 0.0848. The molecule has 0 spiro atoms. The van der Waals surface area contributed by atoms with E-state index in [1.165, 1.54) is 18.3 Å². The third-order valence-electron chi connectivity index (χ3n) is 1.50. The predicted molar refractivity (Wildman–Crippen MR) is 50.1 cm³/mol. The highest BCUT2D eigenvalue weighted by atomic mass is 16.5. The molecule has 0 saturated carbocycles. The number of carbonyl (C=O) groups is 2. The van der Waals surface area contributed by atoms with Crippen molar-refractivity contribution in [3.05, 3.63) is 42.2 Å². The van der Waals surface area contributed by atoms with Crippen molar-refractivity contribution < 1.29 is 14.3 Å². The molecule has 0 aliphatic carbocycles. The van der Waals surface area contributed by atoms with Crippen molar-refractivity contribution in [3.8, 4) is 0 Å². The Labute approximate surface area is 81.2 Å². The molecular formula is C10H9NO3. The molecule has 4 heteroatoms. The molecule has 0 aromatic carbocycles. The summed E-state index contributed by atoms with van der Waals surface area (Å²) < 4.78 is 4.76. The lowest BCUT2D eigenvalue weighted by molar-refractivity contribution is 0.0547. The summed E-state index contributed by atoms with van der Waals surface area (Å²) in [4.78, 5) is 25.6. The molecule has 0 bridgehead atoms. The second-order valence-electron chi connectivity index (χ2n) is 2.44. The van der Waals surface area contributed by atoms with E-state index in [2.05, 4.69) is 11.6 Å². The summed E-state index contributed by atoms with van der Waals surface area (Å²) in [5.74, 6) is -0.569. The minimum Gasteiger partial charge on any atom is -0.458 e. The van der Waals surface area contributed by atoms with Crippen LogP contribution in [-0.4, -0.2) is 23.8 Å². The van der Waals surface area contributed by atoms with Crippen LogP contribution >= 0.6 is 0 Å². The third kappa shape index (κ3) is 2.26. The molecule has 1 heterocycles. The third-order valence-corrected chi connectivity index (χ3v) is 1.50. The van der Waals surface area contributed by atoms with Gasteiger partial charge in [-0.3, -0.25) is 9.78 Å². The number of pyridine rings is 1. The number of ether oxygens (including phenoxy) is 1. The molecule has 0 aliphatic rings. The van der Waals surface area contributed by atoms with E-state index in [0.717, 1.165) is 0 Å². The molecule has 0 amide bonds. The van der Waals surface area contributed by atoms with Crippen molar-refractivity contribution in [2.75, 3.05) is 6.61 Å². The van der Waals surface area contributed by atoms with Crippen LogP contribution in [0.1, 0.15) is 20.8 Å². The first-order valence-electron chi connectivity index (χ1n) is 3.97. The van der Waals surface area contributed by atoms with Crippen LogP contribution < -0.4 is 0 Å². The predicted octanol–water partition coefficient (Wildman–Crippen LogP) is 1.24. The van der Waals surface area contributed by atoms with Crippen molar-refractivity contribution in [2.24, 2.45) is 0 Å². The van der Waals surface area contributed by atoms with Crippen LogP contribution in [0.25, 0.3) is 0 Å². The molecule has 1 aromatic heterocycles. The second-order valence-corrected chi connectivity index (χ2v) is 2.44. The first-order chi connectivity index (χ1) is 6.79. The maximum Gasteiger partial charge on any atom is 0.340 e. The van der Waals surface area contributed by atoms with Gasteiger partial charge in [-0.05, 0) is 12.1 Å². The van der Waals surface area contributed by atoms with Crippen LogP contribution in [0.3, 0.4) is 0 Å². The average molecular weight is 191 g/mol.